The van der Waals surface area contributed by atoms with Crippen molar-refractivity contribution < 1.29 is 23.8 Å². The number of imide groups is 1. The summed E-state index contributed by atoms with van der Waals surface area (Å²) in [6.45, 7) is 8.80. The van der Waals surface area contributed by atoms with E-state index in [4.69, 9.17) is 14.2 Å². The molecule has 1 saturated heterocycles. The minimum Gasteiger partial charge on any atom is -0.443 e. The van der Waals surface area contributed by atoms with Gasteiger partial charge in [-0.3, -0.25) is 4.79 Å². The zero-order valence-electron chi connectivity index (χ0n) is 15.4. The molecule has 2 amide bonds. The van der Waals surface area contributed by atoms with Crippen molar-refractivity contribution in [2.24, 2.45) is 5.92 Å². The average molecular weight is 341 g/mol. The molecule has 0 aromatic carbocycles. The summed E-state index contributed by atoms with van der Waals surface area (Å²) >= 11 is 0. The highest BCUT2D eigenvalue weighted by Gasteiger charge is 2.55. The summed E-state index contributed by atoms with van der Waals surface area (Å²) < 4.78 is 16.4. The van der Waals surface area contributed by atoms with Gasteiger partial charge in [-0.1, -0.05) is 19.3 Å². The lowest BCUT2D eigenvalue weighted by atomic mass is 9.77. The van der Waals surface area contributed by atoms with Crippen LogP contribution in [0.1, 0.15) is 59.8 Å². The summed E-state index contributed by atoms with van der Waals surface area (Å²) in [4.78, 5) is 26.2. The van der Waals surface area contributed by atoms with E-state index in [1.165, 1.54) is 11.3 Å². The van der Waals surface area contributed by atoms with Crippen molar-refractivity contribution in [3.8, 4) is 0 Å². The maximum Gasteiger partial charge on any atom is 0.417 e. The van der Waals surface area contributed by atoms with Gasteiger partial charge in [0.05, 0.1) is 19.3 Å². The van der Waals surface area contributed by atoms with Crippen LogP contribution >= 0.6 is 0 Å². The second-order valence-electron chi connectivity index (χ2n) is 7.57. The normalized spacial score (nSPS) is 25.5. The fraction of sp³-hybridized carbons (Fsp3) is 0.889. The van der Waals surface area contributed by atoms with Crippen LogP contribution in [0.4, 0.5) is 4.79 Å². The van der Waals surface area contributed by atoms with E-state index in [1.807, 2.05) is 6.92 Å². The molecule has 138 valence electrons. The number of rotatable bonds is 6. The Hall–Kier alpha value is -1.14. The Kier molecular flexibility index (Phi) is 6.63. The Labute approximate surface area is 144 Å². The van der Waals surface area contributed by atoms with Gasteiger partial charge >= 0.3 is 6.09 Å². The van der Waals surface area contributed by atoms with Crippen molar-refractivity contribution in [1.29, 1.82) is 0 Å². The van der Waals surface area contributed by atoms with Crippen LogP contribution in [-0.2, 0) is 19.0 Å². The summed E-state index contributed by atoms with van der Waals surface area (Å²) in [7, 11) is 0. The summed E-state index contributed by atoms with van der Waals surface area (Å²) in [5.74, 6) is 0.0254. The number of carbonyl (C=O) groups is 2. The first-order valence-electron chi connectivity index (χ1n) is 9.10. The molecule has 0 spiro atoms. The first-order valence-corrected chi connectivity index (χ1v) is 9.10. The van der Waals surface area contributed by atoms with Crippen LogP contribution in [-0.4, -0.2) is 54.5 Å². The lowest BCUT2D eigenvalue weighted by molar-refractivity contribution is -0.178. The molecule has 0 aromatic rings. The van der Waals surface area contributed by atoms with Gasteiger partial charge in [-0.2, -0.15) is 0 Å². The van der Waals surface area contributed by atoms with E-state index >= 15 is 0 Å². The molecule has 1 aliphatic carbocycles. The van der Waals surface area contributed by atoms with Crippen molar-refractivity contribution >= 4 is 12.0 Å². The molecule has 6 heteroatoms. The molecule has 6 nitrogen and oxygen atoms in total. The highest BCUT2D eigenvalue weighted by Crippen LogP contribution is 2.38. The highest BCUT2D eigenvalue weighted by molar-refractivity contribution is 6.01. The second kappa shape index (κ2) is 8.30. The molecule has 24 heavy (non-hydrogen) atoms. The molecular formula is C18H31NO5. The molecule has 2 rings (SSSR count). The fourth-order valence-corrected chi connectivity index (χ4v) is 3.49. The predicted octanol–water partition coefficient (Wildman–Crippen LogP) is 3.13. The van der Waals surface area contributed by atoms with Crippen LogP contribution in [0.25, 0.3) is 0 Å². The molecule has 1 heterocycles. The van der Waals surface area contributed by atoms with Gasteiger partial charge in [0.2, 0.25) is 0 Å². The smallest absolute Gasteiger partial charge is 0.417 e. The zero-order chi connectivity index (χ0) is 17.7. The maximum atomic E-state index is 12.5. The third-order valence-electron chi connectivity index (χ3n) is 4.54. The molecule has 0 bridgehead atoms. The number of hydrogen-bond acceptors (Lipinski definition) is 5. The molecule has 2 fully saturated rings. The van der Waals surface area contributed by atoms with Crippen molar-refractivity contribution in [3.63, 3.8) is 0 Å². The lowest BCUT2D eigenvalue weighted by Crippen LogP contribution is -2.70. The molecule has 0 N–H and O–H groups in total. The van der Waals surface area contributed by atoms with Gasteiger partial charge in [-0.15, -0.1) is 0 Å². The summed E-state index contributed by atoms with van der Waals surface area (Å²) in [6, 6.07) is -0.200. The van der Waals surface area contributed by atoms with Crippen LogP contribution in [0.2, 0.25) is 0 Å². The summed E-state index contributed by atoms with van der Waals surface area (Å²) in [5.41, 5.74) is -0.616. The Morgan fingerprint density at radius 1 is 1.17 bits per heavy atom. The van der Waals surface area contributed by atoms with E-state index in [0.717, 1.165) is 25.7 Å². The average Bonchev–Trinajstić information content (AvgIpc) is 2.51. The Morgan fingerprint density at radius 3 is 2.42 bits per heavy atom. The first kappa shape index (κ1) is 19.2. The molecule has 0 aromatic heterocycles. The number of amides is 2. The Balaban J connectivity index is 2.02. The van der Waals surface area contributed by atoms with Gasteiger partial charge in [0.15, 0.2) is 6.10 Å². The van der Waals surface area contributed by atoms with Crippen LogP contribution < -0.4 is 0 Å². The quantitative estimate of drug-likeness (QED) is 0.548. The summed E-state index contributed by atoms with van der Waals surface area (Å²) in [6.07, 6.45) is 4.48. The molecule has 2 aliphatic rings. The molecule has 0 unspecified atom stereocenters. The van der Waals surface area contributed by atoms with Gasteiger partial charge in [0.1, 0.15) is 5.60 Å². The van der Waals surface area contributed by atoms with E-state index < -0.39 is 17.8 Å². The van der Waals surface area contributed by atoms with E-state index in [1.54, 1.807) is 20.8 Å². The van der Waals surface area contributed by atoms with Crippen LogP contribution in [0, 0.1) is 5.92 Å². The number of β-lactam (4-membered cyclic amide) rings is 1. The van der Waals surface area contributed by atoms with E-state index in [0.29, 0.717) is 25.7 Å². The third kappa shape index (κ3) is 4.70. The highest BCUT2D eigenvalue weighted by atomic mass is 16.6. The van der Waals surface area contributed by atoms with E-state index in [9.17, 15) is 9.59 Å². The molecular weight excluding hydrogens is 310 g/mol. The molecule has 1 saturated carbocycles. The van der Waals surface area contributed by atoms with Crippen molar-refractivity contribution in [1.82, 2.24) is 4.90 Å². The molecule has 2 atom stereocenters. The monoisotopic (exact) mass is 341 g/mol. The zero-order valence-corrected chi connectivity index (χ0v) is 15.4. The van der Waals surface area contributed by atoms with Gasteiger partial charge in [-0.05, 0) is 46.5 Å². The van der Waals surface area contributed by atoms with Gasteiger partial charge in [-0.25, -0.2) is 9.69 Å². The van der Waals surface area contributed by atoms with Crippen molar-refractivity contribution in [3.05, 3.63) is 0 Å². The minimum absolute atomic E-state index is 0.200. The standard InChI is InChI=1S/C18H31NO5/c1-5-22-11-12-23-15-14(13-9-7-6-8-10-13)19(16(15)20)17(21)24-18(2,3)4/h13-15H,5-12H2,1-4H3/t14-,15+/m0/s1. The Bertz CT molecular complexity index is 439. The SMILES string of the molecule is CCOCCO[C@H]1C(=O)N(C(=O)OC(C)(C)C)[C@H]1C1CCCCC1. The van der Waals surface area contributed by atoms with Crippen LogP contribution in [0.3, 0.4) is 0 Å². The van der Waals surface area contributed by atoms with E-state index in [2.05, 4.69) is 0 Å². The van der Waals surface area contributed by atoms with Gasteiger partial charge in [0, 0.05) is 6.61 Å². The first-order chi connectivity index (χ1) is 11.3. The molecule has 0 radical (unpaired) electrons. The van der Waals surface area contributed by atoms with E-state index in [-0.39, 0.29) is 11.9 Å². The summed E-state index contributed by atoms with van der Waals surface area (Å²) in [5, 5.41) is 0. The number of hydrogen-bond donors (Lipinski definition) is 0. The van der Waals surface area contributed by atoms with Crippen LogP contribution in [0.5, 0.6) is 0 Å². The fourth-order valence-electron chi connectivity index (χ4n) is 3.49. The Morgan fingerprint density at radius 2 is 1.83 bits per heavy atom. The number of likely N-dealkylation sites (tertiary alicyclic amines) is 1. The third-order valence-corrected chi connectivity index (χ3v) is 4.54. The molecule has 1 aliphatic heterocycles. The number of carbonyl (C=O) groups excluding carboxylic acids is 2. The number of ether oxygens (including phenoxy) is 3. The van der Waals surface area contributed by atoms with Crippen molar-refractivity contribution in [2.45, 2.75) is 77.5 Å². The van der Waals surface area contributed by atoms with Gasteiger partial charge in [0.25, 0.3) is 5.91 Å². The number of nitrogens with zero attached hydrogens (tertiary/aromatic N) is 1. The van der Waals surface area contributed by atoms with Crippen LogP contribution in [0.15, 0.2) is 0 Å². The largest absolute Gasteiger partial charge is 0.443 e. The predicted molar refractivity (Wildman–Crippen MR) is 89.7 cm³/mol. The van der Waals surface area contributed by atoms with Gasteiger partial charge < -0.3 is 14.2 Å². The maximum absolute atomic E-state index is 12.5. The topological polar surface area (TPSA) is 65.1 Å². The lowest BCUT2D eigenvalue weighted by Gasteiger charge is -2.49. The minimum atomic E-state index is -0.616. The second-order valence-corrected chi connectivity index (χ2v) is 7.57. The van der Waals surface area contributed by atoms with Crippen molar-refractivity contribution in [2.75, 3.05) is 19.8 Å².